The van der Waals surface area contributed by atoms with Crippen molar-refractivity contribution >= 4 is 17.3 Å². The van der Waals surface area contributed by atoms with Gasteiger partial charge in [0.25, 0.3) is 0 Å². The maximum atomic E-state index is 12.9. The largest absolute Gasteiger partial charge is 0.397 e. The first-order chi connectivity index (χ1) is 9.45. The average molecular weight is 280 g/mol. The highest BCUT2D eigenvalue weighted by molar-refractivity contribution is 5.95. The lowest BCUT2D eigenvalue weighted by Gasteiger charge is -2.37. The fourth-order valence-electron chi connectivity index (χ4n) is 2.43. The van der Waals surface area contributed by atoms with Gasteiger partial charge in [-0.05, 0) is 32.2 Å². The van der Waals surface area contributed by atoms with Crippen molar-refractivity contribution in [1.82, 2.24) is 9.80 Å². The molecule has 1 aromatic carbocycles. The second kappa shape index (κ2) is 6.19. The molecular formula is C14H21FN4O. The van der Waals surface area contributed by atoms with Crippen LogP contribution in [0.2, 0.25) is 0 Å². The Morgan fingerprint density at radius 1 is 1.50 bits per heavy atom. The minimum atomic E-state index is -0.409. The summed E-state index contributed by atoms with van der Waals surface area (Å²) in [6, 6.07) is 4.30. The number of halogens is 1. The van der Waals surface area contributed by atoms with Gasteiger partial charge in [-0.2, -0.15) is 0 Å². The van der Waals surface area contributed by atoms with Crippen molar-refractivity contribution in [3.63, 3.8) is 0 Å². The third-order valence-electron chi connectivity index (χ3n) is 3.60. The first-order valence-electron chi connectivity index (χ1n) is 6.73. The summed E-state index contributed by atoms with van der Waals surface area (Å²) in [6.45, 7) is 5.20. The molecule has 1 fully saturated rings. The molecule has 0 radical (unpaired) electrons. The van der Waals surface area contributed by atoms with Gasteiger partial charge in [0.15, 0.2) is 0 Å². The van der Waals surface area contributed by atoms with Crippen LogP contribution in [0.4, 0.5) is 15.8 Å². The molecule has 1 aliphatic rings. The van der Waals surface area contributed by atoms with Gasteiger partial charge in [0.05, 0.1) is 17.9 Å². The van der Waals surface area contributed by atoms with Gasteiger partial charge in [-0.3, -0.25) is 9.69 Å². The maximum Gasteiger partial charge on any atom is 0.238 e. The van der Waals surface area contributed by atoms with Gasteiger partial charge < -0.3 is 16.0 Å². The van der Waals surface area contributed by atoms with Crippen molar-refractivity contribution in [2.45, 2.75) is 13.0 Å². The normalized spacial score (nSPS) is 20.9. The molecule has 110 valence electrons. The van der Waals surface area contributed by atoms with Gasteiger partial charge in [-0.25, -0.2) is 4.39 Å². The van der Waals surface area contributed by atoms with E-state index >= 15 is 0 Å². The summed E-state index contributed by atoms with van der Waals surface area (Å²) in [5.41, 5.74) is 6.37. The van der Waals surface area contributed by atoms with Crippen LogP contribution in [0, 0.1) is 5.82 Å². The van der Waals surface area contributed by atoms with Crippen molar-refractivity contribution in [3.05, 3.63) is 24.0 Å². The molecule has 0 spiro atoms. The molecule has 6 heteroatoms. The Bertz CT molecular complexity index is 494. The van der Waals surface area contributed by atoms with E-state index in [4.69, 9.17) is 5.73 Å². The van der Waals surface area contributed by atoms with Gasteiger partial charge >= 0.3 is 0 Å². The third-order valence-corrected chi connectivity index (χ3v) is 3.60. The molecule has 2 rings (SSSR count). The van der Waals surface area contributed by atoms with Crippen molar-refractivity contribution in [2.75, 3.05) is 44.3 Å². The highest BCUT2D eigenvalue weighted by atomic mass is 19.1. The van der Waals surface area contributed by atoms with Crippen LogP contribution in [-0.4, -0.2) is 55.0 Å². The van der Waals surface area contributed by atoms with Crippen molar-refractivity contribution in [1.29, 1.82) is 0 Å². The molecule has 1 aliphatic heterocycles. The number of anilines is 2. The van der Waals surface area contributed by atoms with Crippen LogP contribution in [0.25, 0.3) is 0 Å². The number of hydrogen-bond acceptors (Lipinski definition) is 4. The van der Waals surface area contributed by atoms with E-state index in [9.17, 15) is 9.18 Å². The van der Waals surface area contributed by atoms with Crippen LogP contribution < -0.4 is 11.1 Å². The van der Waals surface area contributed by atoms with Gasteiger partial charge in [-0.15, -0.1) is 0 Å². The van der Waals surface area contributed by atoms with Crippen molar-refractivity contribution < 1.29 is 9.18 Å². The Kier molecular flexibility index (Phi) is 4.57. The molecule has 1 atom stereocenters. The Balaban J connectivity index is 1.92. The third kappa shape index (κ3) is 3.68. The van der Waals surface area contributed by atoms with Crippen molar-refractivity contribution in [3.8, 4) is 0 Å². The number of carbonyl (C=O) groups is 1. The smallest absolute Gasteiger partial charge is 0.238 e. The molecule has 1 amide bonds. The van der Waals surface area contributed by atoms with E-state index in [2.05, 4.69) is 29.1 Å². The van der Waals surface area contributed by atoms with E-state index in [-0.39, 0.29) is 11.6 Å². The van der Waals surface area contributed by atoms with E-state index in [0.29, 0.717) is 18.3 Å². The minimum Gasteiger partial charge on any atom is -0.397 e. The zero-order valence-corrected chi connectivity index (χ0v) is 11.9. The number of piperazine rings is 1. The lowest BCUT2D eigenvalue weighted by Crippen LogP contribution is -2.52. The zero-order chi connectivity index (χ0) is 14.7. The number of nitrogens with zero attached hydrogens (tertiary/aromatic N) is 2. The minimum absolute atomic E-state index is 0.125. The molecular weight excluding hydrogens is 259 g/mol. The highest BCUT2D eigenvalue weighted by Crippen LogP contribution is 2.19. The number of amides is 1. The second-order valence-corrected chi connectivity index (χ2v) is 5.36. The molecule has 1 heterocycles. The summed E-state index contributed by atoms with van der Waals surface area (Å²) in [7, 11) is 2.08. The predicted octanol–water partition coefficient (Wildman–Crippen LogP) is 0.982. The second-order valence-electron chi connectivity index (χ2n) is 5.36. The van der Waals surface area contributed by atoms with Crippen LogP contribution in [-0.2, 0) is 4.79 Å². The monoisotopic (exact) mass is 280 g/mol. The van der Waals surface area contributed by atoms with Gasteiger partial charge in [0.1, 0.15) is 5.82 Å². The quantitative estimate of drug-likeness (QED) is 0.810. The van der Waals surface area contributed by atoms with E-state index < -0.39 is 5.82 Å². The lowest BCUT2D eigenvalue weighted by molar-refractivity contribution is -0.118. The number of carbonyl (C=O) groups excluding carboxylic acids is 1. The number of nitrogens with one attached hydrogen (secondary N) is 1. The van der Waals surface area contributed by atoms with Crippen LogP contribution in [0.5, 0.6) is 0 Å². The maximum absolute atomic E-state index is 12.9. The summed E-state index contributed by atoms with van der Waals surface area (Å²) in [4.78, 5) is 16.4. The summed E-state index contributed by atoms with van der Waals surface area (Å²) in [5.74, 6) is -0.534. The SMILES string of the molecule is CC1CN(C)CCN1CC(=O)Nc1ccc(F)cc1N. The number of benzene rings is 1. The van der Waals surface area contributed by atoms with E-state index in [1.165, 1.54) is 18.2 Å². The summed E-state index contributed by atoms with van der Waals surface area (Å²) >= 11 is 0. The predicted molar refractivity (Wildman–Crippen MR) is 78.0 cm³/mol. The molecule has 5 nitrogen and oxygen atoms in total. The van der Waals surface area contributed by atoms with E-state index in [0.717, 1.165) is 19.6 Å². The fourth-order valence-corrected chi connectivity index (χ4v) is 2.43. The number of likely N-dealkylation sites (N-methyl/N-ethyl adjacent to an activating group) is 1. The van der Waals surface area contributed by atoms with Gasteiger partial charge in [0.2, 0.25) is 5.91 Å². The summed E-state index contributed by atoms with van der Waals surface area (Å²) in [6.07, 6.45) is 0. The Labute approximate surface area is 118 Å². The van der Waals surface area contributed by atoms with Crippen LogP contribution in [0.1, 0.15) is 6.92 Å². The Hall–Kier alpha value is -1.66. The lowest BCUT2D eigenvalue weighted by atomic mass is 10.2. The molecule has 0 bridgehead atoms. The van der Waals surface area contributed by atoms with Gasteiger partial charge in [-0.1, -0.05) is 0 Å². The van der Waals surface area contributed by atoms with Crippen molar-refractivity contribution in [2.24, 2.45) is 0 Å². The molecule has 1 aromatic rings. The first-order valence-corrected chi connectivity index (χ1v) is 6.73. The van der Waals surface area contributed by atoms with E-state index in [1.54, 1.807) is 0 Å². The van der Waals surface area contributed by atoms with Crippen LogP contribution in [0.3, 0.4) is 0 Å². The zero-order valence-electron chi connectivity index (χ0n) is 11.9. The molecule has 3 N–H and O–H groups in total. The van der Waals surface area contributed by atoms with Crippen LogP contribution in [0.15, 0.2) is 18.2 Å². The Morgan fingerprint density at radius 2 is 2.25 bits per heavy atom. The first kappa shape index (κ1) is 14.7. The number of rotatable bonds is 3. The Morgan fingerprint density at radius 3 is 2.90 bits per heavy atom. The molecule has 0 saturated carbocycles. The van der Waals surface area contributed by atoms with Crippen LogP contribution >= 0.6 is 0 Å². The highest BCUT2D eigenvalue weighted by Gasteiger charge is 2.23. The number of nitrogens with two attached hydrogens (primary N) is 1. The number of hydrogen-bond donors (Lipinski definition) is 2. The molecule has 0 aromatic heterocycles. The van der Waals surface area contributed by atoms with Gasteiger partial charge in [0, 0.05) is 25.7 Å². The molecule has 1 unspecified atom stereocenters. The summed E-state index contributed by atoms with van der Waals surface area (Å²) in [5, 5.41) is 2.73. The average Bonchev–Trinajstić information content (AvgIpc) is 2.36. The summed E-state index contributed by atoms with van der Waals surface area (Å²) < 4.78 is 12.9. The topological polar surface area (TPSA) is 61.6 Å². The molecule has 0 aliphatic carbocycles. The molecule has 1 saturated heterocycles. The number of nitrogen functional groups attached to an aromatic ring is 1. The molecule has 20 heavy (non-hydrogen) atoms. The fraction of sp³-hybridized carbons (Fsp3) is 0.500. The van der Waals surface area contributed by atoms with E-state index in [1.807, 2.05) is 0 Å². The standard InChI is InChI=1S/C14H21FN4O/c1-10-8-18(2)5-6-19(10)9-14(20)17-13-4-3-11(15)7-12(13)16/h3-4,7,10H,5-6,8-9,16H2,1-2H3,(H,17,20).